The summed E-state index contributed by atoms with van der Waals surface area (Å²) in [4.78, 5) is 3.23. The number of nitrogens with one attached hydrogen (secondary N) is 1. The fourth-order valence-electron chi connectivity index (χ4n) is 2.29. The first-order valence-electron chi connectivity index (χ1n) is 6.72. The van der Waals surface area contributed by atoms with Crippen molar-refractivity contribution in [3.05, 3.63) is 51.7 Å². The van der Waals surface area contributed by atoms with E-state index in [2.05, 4.69) is 20.9 Å². The number of aromatic amines is 1. The van der Waals surface area contributed by atoms with E-state index in [4.69, 9.17) is 17.0 Å². The van der Waals surface area contributed by atoms with E-state index in [0.717, 1.165) is 26.9 Å². The zero-order chi connectivity index (χ0) is 15.0. The molecule has 0 saturated carbocycles. The van der Waals surface area contributed by atoms with Gasteiger partial charge in [0.15, 0.2) is 4.77 Å². The molecule has 0 atom stereocenters. The van der Waals surface area contributed by atoms with E-state index >= 15 is 0 Å². The lowest BCUT2D eigenvalue weighted by Crippen LogP contribution is -2.05. The van der Waals surface area contributed by atoms with Gasteiger partial charge in [0.05, 0.1) is 17.1 Å². The highest BCUT2D eigenvalue weighted by molar-refractivity contribution is 9.10. The number of nitrogens with zero attached hydrogens (tertiary/aromatic N) is 1. The van der Waals surface area contributed by atoms with Crippen molar-refractivity contribution in [3.63, 3.8) is 0 Å². The van der Waals surface area contributed by atoms with Gasteiger partial charge in [-0.2, -0.15) is 0 Å². The van der Waals surface area contributed by atoms with Crippen molar-refractivity contribution in [3.8, 4) is 11.4 Å². The van der Waals surface area contributed by atoms with Crippen LogP contribution in [0.1, 0.15) is 13.8 Å². The molecular weight excluding hydrogens is 348 g/mol. The average molecular weight is 363 g/mol. The lowest BCUT2D eigenvalue weighted by Gasteiger charge is -2.10. The van der Waals surface area contributed by atoms with Gasteiger partial charge in [0, 0.05) is 10.2 Å². The Kier molecular flexibility index (Phi) is 3.87. The Balaban J connectivity index is 2.08. The molecule has 0 aliphatic rings. The number of hydrogen-bond donors (Lipinski definition) is 1. The van der Waals surface area contributed by atoms with Gasteiger partial charge in [-0.05, 0) is 68.5 Å². The van der Waals surface area contributed by atoms with Gasteiger partial charge in [0.25, 0.3) is 0 Å². The number of imidazole rings is 1. The van der Waals surface area contributed by atoms with Crippen molar-refractivity contribution in [1.82, 2.24) is 9.55 Å². The minimum Gasteiger partial charge on any atom is -0.491 e. The third-order valence-corrected chi connectivity index (χ3v) is 3.89. The molecule has 5 heteroatoms. The second-order valence-electron chi connectivity index (χ2n) is 5.09. The molecule has 0 unspecified atom stereocenters. The van der Waals surface area contributed by atoms with E-state index in [1.54, 1.807) is 0 Å². The van der Waals surface area contributed by atoms with Gasteiger partial charge in [0.1, 0.15) is 5.75 Å². The first-order valence-corrected chi connectivity index (χ1v) is 7.92. The summed E-state index contributed by atoms with van der Waals surface area (Å²) in [5.41, 5.74) is 3.09. The van der Waals surface area contributed by atoms with Crippen LogP contribution < -0.4 is 4.74 Å². The van der Waals surface area contributed by atoms with Crippen molar-refractivity contribution in [2.24, 2.45) is 0 Å². The van der Waals surface area contributed by atoms with Crippen molar-refractivity contribution in [2.45, 2.75) is 20.0 Å². The molecule has 1 aromatic heterocycles. The molecule has 0 aliphatic heterocycles. The Hall–Kier alpha value is -1.59. The van der Waals surface area contributed by atoms with Crippen molar-refractivity contribution in [1.29, 1.82) is 0 Å². The predicted octanol–water partition coefficient (Wildman–Crippen LogP) is 5.24. The van der Waals surface area contributed by atoms with Crippen molar-refractivity contribution < 1.29 is 4.74 Å². The SMILES string of the molecule is CC(C)Oc1ccc(-n2c(=S)[nH]c3cc(Br)ccc32)cc1. The summed E-state index contributed by atoms with van der Waals surface area (Å²) in [6, 6.07) is 14.1. The number of halogens is 1. The molecule has 0 spiro atoms. The number of fused-ring (bicyclic) bond motifs is 1. The first-order chi connectivity index (χ1) is 10.0. The second-order valence-corrected chi connectivity index (χ2v) is 6.39. The Bertz CT molecular complexity index is 834. The molecule has 2 aromatic carbocycles. The highest BCUT2D eigenvalue weighted by Gasteiger charge is 2.07. The molecule has 0 radical (unpaired) electrons. The van der Waals surface area contributed by atoms with E-state index in [0.29, 0.717) is 4.77 Å². The van der Waals surface area contributed by atoms with Crippen LogP contribution in [0.3, 0.4) is 0 Å². The van der Waals surface area contributed by atoms with E-state index < -0.39 is 0 Å². The Morgan fingerprint density at radius 1 is 1.14 bits per heavy atom. The zero-order valence-corrected chi connectivity index (χ0v) is 14.2. The average Bonchev–Trinajstić information content (AvgIpc) is 2.74. The number of rotatable bonds is 3. The standard InChI is InChI=1S/C16H15BrN2OS/c1-10(2)20-13-6-4-12(5-7-13)19-15-8-3-11(17)9-14(15)18-16(19)21/h3-10H,1-2H3,(H,18,21). The molecule has 0 amide bonds. The van der Waals surface area contributed by atoms with Crippen LogP contribution in [0.5, 0.6) is 5.75 Å². The quantitative estimate of drug-likeness (QED) is 0.645. The molecule has 0 fully saturated rings. The van der Waals surface area contributed by atoms with Crippen LogP contribution in [0.25, 0.3) is 16.7 Å². The Labute approximate surface area is 136 Å². The lowest BCUT2D eigenvalue weighted by atomic mass is 10.2. The first kappa shape index (κ1) is 14.4. The Morgan fingerprint density at radius 2 is 1.86 bits per heavy atom. The maximum atomic E-state index is 5.67. The van der Waals surface area contributed by atoms with Crippen LogP contribution in [0.4, 0.5) is 0 Å². The summed E-state index contributed by atoms with van der Waals surface area (Å²) in [7, 11) is 0. The predicted molar refractivity (Wildman–Crippen MR) is 91.9 cm³/mol. The van der Waals surface area contributed by atoms with Crippen LogP contribution in [0, 0.1) is 4.77 Å². The van der Waals surface area contributed by atoms with E-state index in [-0.39, 0.29) is 6.10 Å². The molecule has 3 rings (SSSR count). The molecule has 3 nitrogen and oxygen atoms in total. The zero-order valence-electron chi connectivity index (χ0n) is 11.8. The van der Waals surface area contributed by atoms with Gasteiger partial charge in [-0.25, -0.2) is 0 Å². The molecule has 0 bridgehead atoms. The second kappa shape index (κ2) is 5.66. The number of benzene rings is 2. The van der Waals surface area contributed by atoms with E-state index in [1.165, 1.54) is 0 Å². The molecule has 1 heterocycles. The minimum atomic E-state index is 0.170. The van der Waals surface area contributed by atoms with Gasteiger partial charge < -0.3 is 9.72 Å². The van der Waals surface area contributed by atoms with Crippen molar-refractivity contribution in [2.75, 3.05) is 0 Å². The molecule has 3 aromatic rings. The van der Waals surface area contributed by atoms with Crippen LogP contribution in [-0.2, 0) is 0 Å². The Morgan fingerprint density at radius 3 is 2.52 bits per heavy atom. The summed E-state index contributed by atoms with van der Waals surface area (Å²) in [5.74, 6) is 0.864. The number of H-pyrrole nitrogens is 1. The third-order valence-electron chi connectivity index (χ3n) is 3.11. The molecule has 108 valence electrons. The number of aromatic nitrogens is 2. The van der Waals surface area contributed by atoms with Crippen molar-refractivity contribution >= 4 is 39.2 Å². The summed E-state index contributed by atoms with van der Waals surface area (Å²) >= 11 is 8.92. The number of hydrogen-bond acceptors (Lipinski definition) is 2. The third kappa shape index (κ3) is 2.89. The smallest absolute Gasteiger partial charge is 0.182 e. The van der Waals surface area contributed by atoms with Gasteiger partial charge in [-0.1, -0.05) is 15.9 Å². The molecule has 1 N–H and O–H groups in total. The highest BCUT2D eigenvalue weighted by atomic mass is 79.9. The topological polar surface area (TPSA) is 29.9 Å². The lowest BCUT2D eigenvalue weighted by molar-refractivity contribution is 0.242. The summed E-state index contributed by atoms with van der Waals surface area (Å²) in [6.07, 6.45) is 0.170. The fourth-order valence-corrected chi connectivity index (χ4v) is 2.96. The maximum absolute atomic E-state index is 5.67. The molecule has 21 heavy (non-hydrogen) atoms. The largest absolute Gasteiger partial charge is 0.491 e. The minimum absolute atomic E-state index is 0.170. The van der Waals surface area contributed by atoms with Crippen LogP contribution in [0.15, 0.2) is 46.9 Å². The monoisotopic (exact) mass is 362 g/mol. The molecule has 0 saturated heterocycles. The fraction of sp³-hybridized carbons (Fsp3) is 0.188. The van der Waals surface area contributed by atoms with Crippen LogP contribution in [0.2, 0.25) is 0 Å². The maximum Gasteiger partial charge on any atom is 0.182 e. The highest BCUT2D eigenvalue weighted by Crippen LogP contribution is 2.24. The van der Waals surface area contributed by atoms with E-state index in [1.807, 2.05) is 60.9 Å². The van der Waals surface area contributed by atoms with Gasteiger partial charge in [-0.15, -0.1) is 0 Å². The molecular formula is C16H15BrN2OS. The van der Waals surface area contributed by atoms with Gasteiger partial charge in [0.2, 0.25) is 0 Å². The summed E-state index contributed by atoms with van der Waals surface area (Å²) in [5, 5.41) is 0. The number of ether oxygens (including phenoxy) is 1. The van der Waals surface area contributed by atoms with Crippen LogP contribution in [-0.4, -0.2) is 15.7 Å². The van der Waals surface area contributed by atoms with Crippen LogP contribution >= 0.6 is 28.1 Å². The normalized spacial score (nSPS) is 11.2. The molecule has 0 aliphatic carbocycles. The van der Waals surface area contributed by atoms with Gasteiger partial charge in [-0.3, -0.25) is 4.57 Å². The summed E-state index contributed by atoms with van der Waals surface area (Å²) in [6.45, 7) is 4.03. The van der Waals surface area contributed by atoms with Gasteiger partial charge >= 0.3 is 0 Å². The van der Waals surface area contributed by atoms with E-state index in [9.17, 15) is 0 Å². The summed E-state index contributed by atoms with van der Waals surface area (Å²) < 4.78 is 9.40.